The van der Waals surface area contributed by atoms with E-state index < -0.39 is 0 Å². The Bertz CT molecular complexity index is 209. The largest absolute Gasteiger partial charge is 0.299 e. The van der Waals surface area contributed by atoms with Gasteiger partial charge in [-0.25, -0.2) is 0 Å². The number of hydrogen-bond donors (Lipinski definition) is 0. The smallest absolute Gasteiger partial charge is 0.149 e. The molecule has 0 aliphatic heterocycles. The zero-order chi connectivity index (χ0) is 12.0. The van der Waals surface area contributed by atoms with Crippen LogP contribution < -0.4 is 0 Å². The van der Waals surface area contributed by atoms with E-state index >= 15 is 0 Å². The van der Waals surface area contributed by atoms with Crippen LogP contribution in [0.4, 0.5) is 0 Å². The molecule has 94 valence electrons. The van der Waals surface area contributed by atoms with Gasteiger partial charge in [-0.1, -0.05) is 39.5 Å². The predicted octanol–water partition coefficient (Wildman–Crippen LogP) is 3.11. The number of carbonyl (C=O) groups excluding carboxylic acids is 1. The van der Waals surface area contributed by atoms with E-state index in [1.54, 1.807) is 0 Å². The van der Waals surface area contributed by atoms with Gasteiger partial charge in [-0.05, 0) is 25.8 Å². The maximum Gasteiger partial charge on any atom is 0.149 e. The van der Waals surface area contributed by atoms with Crippen LogP contribution in [-0.4, -0.2) is 30.8 Å². The minimum Gasteiger partial charge on any atom is -0.299 e. The van der Waals surface area contributed by atoms with Gasteiger partial charge in [-0.15, -0.1) is 0 Å². The standard InChI is InChI=1S/C14H27NO/c1-4-12(2)10-15(3)11-14(16)13-8-6-5-7-9-13/h12-13H,4-11H2,1-3H3. The molecule has 2 heteroatoms. The van der Waals surface area contributed by atoms with Crippen molar-refractivity contribution >= 4 is 5.78 Å². The van der Waals surface area contributed by atoms with Crippen molar-refractivity contribution in [1.29, 1.82) is 0 Å². The van der Waals surface area contributed by atoms with E-state index in [1.165, 1.54) is 25.7 Å². The van der Waals surface area contributed by atoms with Gasteiger partial charge < -0.3 is 0 Å². The van der Waals surface area contributed by atoms with Crippen LogP contribution in [0.3, 0.4) is 0 Å². The highest BCUT2D eigenvalue weighted by Gasteiger charge is 2.22. The minimum atomic E-state index is 0.369. The van der Waals surface area contributed by atoms with Crippen LogP contribution in [-0.2, 0) is 4.79 Å². The Labute approximate surface area is 100 Å². The second-order valence-electron chi connectivity index (χ2n) is 5.51. The highest BCUT2D eigenvalue weighted by atomic mass is 16.1. The number of Topliss-reactive ketones (excluding diaryl/α,β-unsaturated/α-hetero) is 1. The second-order valence-corrected chi connectivity index (χ2v) is 5.51. The first-order valence-electron chi connectivity index (χ1n) is 6.84. The molecule has 0 N–H and O–H groups in total. The van der Waals surface area contributed by atoms with E-state index in [0.29, 0.717) is 24.2 Å². The lowest BCUT2D eigenvalue weighted by Gasteiger charge is -2.24. The third kappa shape index (κ3) is 4.65. The monoisotopic (exact) mass is 225 g/mol. The second kappa shape index (κ2) is 7.05. The summed E-state index contributed by atoms with van der Waals surface area (Å²) in [4.78, 5) is 14.2. The fourth-order valence-corrected chi connectivity index (χ4v) is 2.55. The number of carbonyl (C=O) groups is 1. The molecule has 2 nitrogen and oxygen atoms in total. The first kappa shape index (κ1) is 13.7. The fraction of sp³-hybridized carbons (Fsp3) is 0.929. The zero-order valence-electron chi connectivity index (χ0n) is 11.2. The van der Waals surface area contributed by atoms with Crippen LogP contribution in [0, 0.1) is 11.8 Å². The van der Waals surface area contributed by atoms with Crippen molar-refractivity contribution in [2.75, 3.05) is 20.1 Å². The Morgan fingerprint density at radius 1 is 1.31 bits per heavy atom. The van der Waals surface area contributed by atoms with Gasteiger partial charge in [-0.2, -0.15) is 0 Å². The molecule has 0 heterocycles. The summed E-state index contributed by atoms with van der Waals surface area (Å²) in [5, 5.41) is 0. The van der Waals surface area contributed by atoms with Gasteiger partial charge in [0.25, 0.3) is 0 Å². The van der Waals surface area contributed by atoms with Crippen LogP contribution in [0.15, 0.2) is 0 Å². The summed E-state index contributed by atoms with van der Waals surface area (Å²) in [5.74, 6) is 1.54. The Kier molecular flexibility index (Phi) is 6.04. The molecule has 1 fully saturated rings. The maximum absolute atomic E-state index is 12.0. The minimum absolute atomic E-state index is 0.369. The van der Waals surface area contributed by atoms with Crippen molar-refractivity contribution in [3.63, 3.8) is 0 Å². The number of ketones is 1. The maximum atomic E-state index is 12.0. The normalized spacial score (nSPS) is 20.0. The van der Waals surface area contributed by atoms with Crippen LogP contribution >= 0.6 is 0 Å². The first-order valence-corrected chi connectivity index (χ1v) is 6.84. The number of rotatable bonds is 6. The summed E-state index contributed by atoms with van der Waals surface area (Å²) >= 11 is 0. The third-order valence-electron chi connectivity index (χ3n) is 3.81. The summed E-state index contributed by atoms with van der Waals surface area (Å²) in [6.07, 6.45) is 7.30. The summed E-state index contributed by atoms with van der Waals surface area (Å²) in [6, 6.07) is 0. The van der Waals surface area contributed by atoms with E-state index in [1.807, 2.05) is 0 Å². The van der Waals surface area contributed by atoms with Gasteiger partial charge in [0.2, 0.25) is 0 Å². The van der Waals surface area contributed by atoms with E-state index in [0.717, 1.165) is 19.4 Å². The Balaban J connectivity index is 2.26. The molecule has 0 aromatic rings. The van der Waals surface area contributed by atoms with Crippen molar-refractivity contribution < 1.29 is 4.79 Å². The van der Waals surface area contributed by atoms with Gasteiger partial charge >= 0.3 is 0 Å². The summed E-state index contributed by atoms with van der Waals surface area (Å²) in [6.45, 7) is 6.17. The summed E-state index contributed by atoms with van der Waals surface area (Å²) in [7, 11) is 2.08. The lowest BCUT2D eigenvalue weighted by Crippen LogP contribution is -2.33. The first-order chi connectivity index (χ1) is 7.63. The molecule has 1 aliphatic rings. The van der Waals surface area contributed by atoms with Gasteiger partial charge in [0.1, 0.15) is 5.78 Å². The number of likely N-dealkylation sites (N-methyl/N-ethyl adjacent to an activating group) is 1. The molecular weight excluding hydrogens is 198 g/mol. The van der Waals surface area contributed by atoms with Gasteiger partial charge in [-0.3, -0.25) is 9.69 Å². The Hall–Kier alpha value is -0.370. The Morgan fingerprint density at radius 2 is 1.94 bits per heavy atom. The van der Waals surface area contributed by atoms with Crippen molar-refractivity contribution in [2.45, 2.75) is 52.4 Å². The lowest BCUT2D eigenvalue weighted by atomic mass is 9.86. The lowest BCUT2D eigenvalue weighted by molar-refractivity contribution is -0.124. The van der Waals surface area contributed by atoms with Crippen LogP contribution in [0.5, 0.6) is 0 Å². The molecule has 0 radical (unpaired) electrons. The molecule has 16 heavy (non-hydrogen) atoms. The number of nitrogens with zero attached hydrogens (tertiary/aromatic N) is 1. The van der Waals surface area contributed by atoms with Crippen molar-refractivity contribution in [3.05, 3.63) is 0 Å². The average molecular weight is 225 g/mol. The SMILES string of the molecule is CCC(C)CN(C)CC(=O)C1CCCCC1. The predicted molar refractivity (Wildman–Crippen MR) is 68.5 cm³/mol. The molecule has 0 bridgehead atoms. The molecule has 1 rings (SSSR count). The van der Waals surface area contributed by atoms with E-state index in [9.17, 15) is 4.79 Å². The van der Waals surface area contributed by atoms with Gasteiger partial charge in [0, 0.05) is 12.5 Å². The molecule has 0 saturated heterocycles. The summed E-state index contributed by atoms with van der Waals surface area (Å²) < 4.78 is 0. The molecular formula is C14H27NO. The quantitative estimate of drug-likeness (QED) is 0.692. The van der Waals surface area contributed by atoms with Gasteiger partial charge in [0.15, 0.2) is 0 Å². The van der Waals surface area contributed by atoms with E-state index in [-0.39, 0.29) is 0 Å². The van der Waals surface area contributed by atoms with Crippen LogP contribution in [0.1, 0.15) is 52.4 Å². The van der Waals surface area contributed by atoms with E-state index in [2.05, 4.69) is 25.8 Å². The van der Waals surface area contributed by atoms with Crippen molar-refractivity contribution in [3.8, 4) is 0 Å². The molecule has 1 atom stereocenters. The highest BCUT2D eigenvalue weighted by Crippen LogP contribution is 2.24. The van der Waals surface area contributed by atoms with Gasteiger partial charge in [0.05, 0.1) is 6.54 Å². The average Bonchev–Trinajstić information content (AvgIpc) is 2.29. The molecule has 0 amide bonds. The Morgan fingerprint density at radius 3 is 2.50 bits per heavy atom. The van der Waals surface area contributed by atoms with E-state index in [4.69, 9.17) is 0 Å². The molecule has 0 spiro atoms. The zero-order valence-corrected chi connectivity index (χ0v) is 11.2. The molecule has 0 aromatic carbocycles. The number of hydrogen-bond acceptors (Lipinski definition) is 2. The fourth-order valence-electron chi connectivity index (χ4n) is 2.55. The molecule has 1 aliphatic carbocycles. The molecule has 0 aromatic heterocycles. The molecule has 1 unspecified atom stereocenters. The summed E-state index contributed by atoms with van der Waals surface area (Å²) in [5.41, 5.74) is 0. The third-order valence-corrected chi connectivity index (χ3v) is 3.81. The van der Waals surface area contributed by atoms with Crippen molar-refractivity contribution in [2.24, 2.45) is 11.8 Å². The van der Waals surface area contributed by atoms with Crippen LogP contribution in [0.2, 0.25) is 0 Å². The van der Waals surface area contributed by atoms with Crippen molar-refractivity contribution in [1.82, 2.24) is 4.90 Å². The molecule has 1 saturated carbocycles. The topological polar surface area (TPSA) is 20.3 Å². The van der Waals surface area contributed by atoms with Crippen LogP contribution in [0.25, 0.3) is 0 Å². The highest BCUT2D eigenvalue weighted by molar-refractivity contribution is 5.83.